The van der Waals surface area contributed by atoms with Gasteiger partial charge in [-0.05, 0) is 37.6 Å². The first-order valence-electron chi connectivity index (χ1n) is 7.66. The minimum absolute atomic E-state index is 0.0528. The molecule has 0 amide bonds. The van der Waals surface area contributed by atoms with Crippen LogP contribution >= 0.6 is 11.6 Å². The van der Waals surface area contributed by atoms with Gasteiger partial charge in [-0.3, -0.25) is 9.69 Å². The Balaban J connectivity index is 1.73. The number of piperidine rings is 1. The number of halogens is 1. The van der Waals surface area contributed by atoms with E-state index in [2.05, 4.69) is 10.1 Å². The van der Waals surface area contributed by atoms with Crippen LogP contribution in [-0.4, -0.2) is 36.0 Å². The van der Waals surface area contributed by atoms with Crippen LogP contribution in [0.25, 0.3) is 0 Å². The van der Waals surface area contributed by atoms with E-state index in [4.69, 9.17) is 20.9 Å². The van der Waals surface area contributed by atoms with E-state index < -0.39 is 0 Å². The van der Waals surface area contributed by atoms with Crippen LogP contribution in [0.2, 0.25) is 5.02 Å². The van der Waals surface area contributed by atoms with E-state index in [0.717, 1.165) is 25.1 Å². The number of carbonyl (C=O) groups excluding carboxylic acids is 1. The lowest BCUT2D eigenvalue weighted by Crippen LogP contribution is -2.38. The first-order valence-corrected chi connectivity index (χ1v) is 8.04. The molecule has 2 heterocycles. The second-order valence-corrected chi connectivity index (χ2v) is 6.21. The Morgan fingerprint density at radius 2 is 2.35 bits per heavy atom. The summed E-state index contributed by atoms with van der Waals surface area (Å²) in [6.07, 6.45) is 3.43. The number of carbonyl (C=O) groups is 1. The molecule has 1 atom stereocenters. The van der Waals surface area contributed by atoms with Crippen LogP contribution in [-0.2, 0) is 6.54 Å². The number of nitrogens with zero attached hydrogens (tertiary/aromatic N) is 2. The number of rotatable bonds is 5. The third-order valence-electron chi connectivity index (χ3n) is 4.18. The van der Waals surface area contributed by atoms with Crippen molar-refractivity contribution in [3.05, 3.63) is 46.8 Å². The van der Waals surface area contributed by atoms with Gasteiger partial charge in [-0.25, -0.2) is 0 Å². The minimum atomic E-state index is -0.0528. The summed E-state index contributed by atoms with van der Waals surface area (Å²) in [6, 6.07) is 7.02. The molecule has 23 heavy (non-hydrogen) atoms. The summed E-state index contributed by atoms with van der Waals surface area (Å²) in [5.74, 6) is 0.616. The smallest absolute Gasteiger partial charge is 0.170 e. The number of Topliss-reactive ketones (excluding diaryl/α,β-unsaturated/α-hetero) is 1. The van der Waals surface area contributed by atoms with Gasteiger partial charge in [0.05, 0.1) is 18.4 Å². The zero-order valence-electron chi connectivity index (χ0n) is 13.0. The molecular formula is C17H19ClN2O3. The highest BCUT2D eigenvalue weighted by Crippen LogP contribution is 2.29. The molecule has 0 saturated carbocycles. The van der Waals surface area contributed by atoms with Gasteiger partial charge in [0.25, 0.3) is 0 Å². The molecule has 0 aliphatic carbocycles. The third-order valence-corrected chi connectivity index (χ3v) is 4.42. The number of ether oxygens (including phenoxy) is 1. The van der Waals surface area contributed by atoms with Crippen LogP contribution < -0.4 is 4.74 Å². The Bertz CT molecular complexity index is 672. The van der Waals surface area contributed by atoms with Gasteiger partial charge < -0.3 is 9.26 Å². The van der Waals surface area contributed by atoms with Crippen molar-refractivity contribution in [2.24, 2.45) is 5.92 Å². The molecule has 0 radical (unpaired) electrons. The SMILES string of the molecule is COc1ccc(Cl)cc1C(=O)[C@H]1CCCN(Cc2ccon2)C1. The average Bonchev–Trinajstić information content (AvgIpc) is 3.07. The maximum atomic E-state index is 12.9. The van der Waals surface area contributed by atoms with Gasteiger partial charge in [-0.15, -0.1) is 0 Å². The third kappa shape index (κ3) is 3.74. The summed E-state index contributed by atoms with van der Waals surface area (Å²) in [5.41, 5.74) is 1.45. The van der Waals surface area contributed by atoms with E-state index in [0.29, 0.717) is 29.4 Å². The summed E-state index contributed by atoms with van der Waals surface area (Å²) in [7, 11) is 1.57. The Labute approximate surface area is 140 Å². The number of hydrogen-bond acceptors (Lipinski definition) is 5. The molecule has 1 saturated heterocycles. The number of aromatic nitrogens is 1. The standard InChI is InChI=1S/C17H19ClN2O3/c1-22-16-5-4-13(18)9-15(16)17(21)12-3-2-7-20(10-12)11-14-6-8-23-19-14/h4-6,8-9,12H,2-3,7,10-11H2,1H3/t12-/m0/s1. The topological polar surface area (TPSA) is 55.6 Å². The summed E-state index contributed by atoms with van der Waals surface area (Å²) in [5, 5.41) is 4.48. The van der Waals surface area contributed by atoms with Crippen molar-refractivity contribution in [3.63, 3.8) is 0 Å². The Hall–Kier alpha value is -1.85. The van der Waals surface area contributed by atoms with Gasteiger partial charge >= 0.3 is 0 Å². The lowest BCUT2D eigenvalue weighted by atomic mass is 9.89. The first-order chi connectivity index (χ1) is 11.2. The van der Waals surface area contributed by atoms with Crippen molar-refractivity contribution in [2.45, 2.75) is 19.4 Å². The second-order valence-electron chi connectivity index (χ2n) is 5.77. The van der Waals surface area contributed by atoms with Gasteiger partial charge in [-0.2, -0.15) is 0 Å². The molecule has 1 aliphatic heterocycles. The van der Waals surface area contributed by atoms with E-state index in [1.165, 1.54) is 0 Å². The van der Waals surface area contributed by atoms with Crippen LogP contribution in [0, 0.1) is 5.92 Å². The second kappa shape index (κ2) is 7.15. The predicted octanol–water partition coefficient (Wildman–Crippen LogP) is 3.43. The summed E-state index contributed by atoms with van der Waals surface area (Å²) in [4.78, 5) is 15.1. The number of hydrogen-bond donors (Lipinski definition) is 0. The lowest BCUT2D eigenvalue weighted by molar-refractivity contribution is 0.0806. The van der Waals surface area contributed by atoms with Crippen LogP contribution in [0.5, 0.6) is 5.75 Å². The molecule has 0 N–H and O–H groups in total. The van der Waals surface area contributed by atoms with Gasteiger partial charge in [0.2, 0.25) is 0 Å². The maximum absolute atomic E-state index is 12.9. The van der Waals surface area contributed by atoms with E-state index >= 15 is 0 Å². The number of methoxy groups -OCH3 is 1. The number of benzene rings is 1. The van der Waals surface area contributed by atoms with Gasteiger partial charge in [0.15, 0.2) is 5.78 Å². The van der Waals surface area contributed by atoms with Crippen molar-refractivity contribution in [2.75, 3.05) is 20.2 Å². The summed E-state index contributed by atoms with van der Waals surface area (Å²) < 4.78 is 10.2. The summed E-state index contributed by atoms with van der Waals surface area (Å²) >= 11 is 6.04. The summed E-state index contributed by atoms with van der Waals surface area (Å²) in [6.45, 7) is 2.37. The quantitative estimate of drug-likeness (QED) is 0.784. The number of ketones is 1. The fourth-order valence-corrected chi connectivity index (χ4v) is 3.23. The zero-order chi connectivity index (χ0) is 16.2. The molecule has 0 bridgehead atoms. The van der Waals surface area contributed by atoms with Crippen LogP contribution in [0.3, 0.4) is 0 Å². The molecular weight excluding hydrogens is 316 g/mol. The Morgan fingerprint density at radius 3 is 3.09 bits per heavy atom. The van der Waals surface area contributed by atoms with Gasteiger partial charge in [0, 0.05) is 30.1 Å². The highest BCUT2D eigenvalue weighted by Gasteiger charge is 2.28. The molecule has 3 rings (SSSR count). The van der Waals surface area contributed by atoms with Gasteiger partial charge in [-0.1, -0.05) is 16.8 Å². The molecule has 1 aliphatic rings. The molecule has 122 valence electrons. The monoisotopic (exact) mass is 334 g/mol. The fourth-order valence-electron chi connectivity index (χ4n) is 3.05. The normalized spacial score (nSPS) is 18.8. The first kappa shape index (κ1) is 16.0. The molecule has 5 nitrogen and oxygen atoms in total. The van der Waals surface area contributed by atoms with Crippen molar-refractivity contribution in [3.8, 4) is 5.75 Å². The number of likely N-dealkylation sites (tertiary alicyclic amines) is 1. The Morgan fingerprint density at radius 1 is 1.48 bits per heavy atom. The van der Waals surface area contributed by atoms with E-state index in [-0.39, 0.29) is 11.7 Å². The highest BCUT2D eigenvalue weighted by molar-refractivity contribution is 6.31. The minimum Gasteiger partial charge on any atom is -0.496 e. The van der Waals surface area contributed by atoms with Gasteiger partial charge in [0.1, 0.15) is 12.0 Å². The molecule has 0 unspecified atom stereocenters. The average molecular weight is 335 g/mol. The highest BCUT2D eigenvalue weighted by atomic mass is 35.5. The maximum Gasteiger partial charge on any atom is 0.170 e. The van der Waals surface area contributed by atoms with Crippen molar-refractivity contribution < 1.29 is 14.1 Å². The largest absolute Gasteiger partial charge is 0.496 e. The van der Waals surface area contributed by atoms with Crippen LogP contribution in [0.1, 0.15) is 28.9 Å². The molecule has 6 heteroatoms. The Kier molecular flexibility index (Phi) is 4.98. The van der Waals surface area contributed by atoms with E-state index in [9.17, 15) is 4.79 Å². The van der Waals surface area contributed by atoms with E-state index in [1.54, 1.807) is 31.6 Å². The molecule has 1 fully saturated rings. The lowest BCUT2D eigenvalue weighted by Gasteiger charge is -2.31. The molecule has 2 aromatic rings. The van der Waals surface area contributed by atoms with Crippen LogP contribution in [0.4, 0.5) is 0 Å². The molecule has 0 spiro atoms. The zero-order valence-corrected chi connectivity index (χ0v) is 13.8. The fraction of sp³-hybridized carbons (Fsp3) is 0.412. The van der Waals surface area contributed by atoms with E-state index in [1.807, 2.05) is 6.07 Å². The predicted molar refractivity (Wildman–Crippen MR) is 86.8 cm³/mol. The van der Waals surface area contributed by atoms with Crippen molar-refractivity contribution in [1.82, 2.24) is 10.1 Å². The van der Waals surface area contributed by atoms with Crippen molar-refractivity contribution in [1.29, 1.82) is 0 Å². The molecule has 1 aromatic heterocycles. The van der Waals surface area contributed by atoms with Crippen molar-refractivity contribution >= 4 is 17.4 Å². The van der Waals surface area contributed by atoms with Crippen LogP contribution in [0.15, 0.2) is 35.1 Å². The molecule has 1 aromatic carbocycles.